The molecule has 0 aliphatic rings. The number of rotatable bonds is 3. The summed E-state index contributed by atoms with van der Waals surface area (Å²) in [7, 11) is 0. The first-order valence-electron chi connectivity index (χ1n) is 5.60. The van der Waals surface area contributed by atoms with Gasteiger partial charge < -0.3 is 9.63 Å². The van der Waals surface area contributed by atoms with E-state index in [1.807, 2.05) is 19.9 Å². The van der Waals surface area contributed by atoms with E-state index in [4.69, 9.17) is 4.52 Å². The summed E-state index contributed by atoms with van der Waals surface area (Å²) in [6.45, 7) is 3.74. The fourth-order valence-corrected chi connectivity index (χ4v) is 2.37. The highest BCUT2D eigenvalue weighted by atomic mass is 79.9. The third-order valence-corrected chi connectivity index (χ3v) is 4.53. The largest absolute Gasteiger partial charge is 0.477 e. The van der Waals surface area contributed by atoms with Gasteiger partial charge in [0.1, 0.15) is 11.3 Å². The standard InChI is InChI=1S/C13H11Br2NO3/c1-6(2)12-10(13(17)18)11(16-19-12)7-3-4-8(14)9(15)5-7/h3-6H,1-2H3,(H,17,18). The van der Waals surface area contributed by atoms with Crippen LogP contribution in [0.1, 0.15) is 35.9 Å². The van der Waals surface area contributed by atoms with Crippen molar-refractivity contribution in [2.75, 3.05) is 0 Å². The molecule has 0 aliphatic carbocycles. The molecule has 0 atom stereocenters. The Bertz CT molecular complexity index is 635. The van der Waals surface area contributed by atoms with Crippen LogP contribution in [-0.4, -0.2) is 16.2 Å². The van der Waals surface area contributed by atoms with Gasteiger partial charge in [-0.15, -0.1) is 0 Å². The molecule has 2 rings (SSSR count). The summed E-state index contributed by atoms with van der Waals surface area (Å²) in [5.74, 6) is -0.674. The Balaban J connectivity index is 2.62. The Morgan fingerprint density at radius 2 is 2.00 bits per heavy atom. The molecule has 0 radical (unpaired) electrons. The molecule has 0 unspecified atom stereocenters. The minimum Gasteiger partial charge on any atom is -0.477 e. The van der Waals surface area contributed by atoms with Crippen LogP contribution in [0.5, 0.6) is 0 Å². The zero-order chi connectivity index (χ0) is 14.2. The lowest BCUT2D eigenvalue weighted by Gasteiger charge is -2.03. The molecule has 0 amide bonds. The average molecular weight is 389 g/mol. The molecule has 100 valence electrons. The van der Waals surface area contributed by atoms with E-state index in [1.165, 1.54) is 0 Å². The van der Waals surface area contributed by atoms with Crippen molar-refractivity contribution in [1.82, 2.24) is 5.16 Å². The topological polar surface area (TPSA) is 63.3 Å². The first-order chi connectivity index (χ1) is 8.91. The van der Waals surface area contributed by atoms with Crippen molar-refractivity contribution in [3.63, 3.8) is 0 Å². The molecular formula is C13H11Br2NO3. The molecule has 19 heavy (non-hydrogen) atoms. The summed E-state index contributed by atoms with van der Waals surface area (Å²) < 4.78 is 6.90. The van der Waals surface area contributed by atoms with E-state index in [1.54, 1.807) is 12.1 Å². The molecule has 0 spiro atoms. The van der Waals surface area contributed by atoms with E-state index in [2.05, 4.69) is 37.0 Å². The number of carboxylic acids is 1. The minimum absolute atomic E-state index is 0.0359. The molecule has 0 saturated carbocycles. The number of aromatic nitrogens is 1. The number of carboxylic acid groups (broad SMARTS) is 1. The molecule has 1 aromatic heterocycles. The van der Waals surface area contributed by atoms with Gasteiger partial charge in [-0.05, 0) is 44.0 Å². The number of benzene rings is 1. The lowest BCUT2D eigenvalue weighted by molar-refractivity contribution is 0.0694. The summed E-state index contributed by atoms with van der Waals surface area (Å²) in [5, 5.41) is 13.3. The lowest BCUT2D eigenvalue weighted by atomic mass is 10.0. The van der Waals surface area contributed by atoms with Crippen molar-refractivity contribution in [2.24, 2.45) is 0 Å². The van der Waals surface area contributed by atoms with Gasteiger partial charge in [-0.2, -0.15) is 0 Å². The third-order valence-electron chi connectivity index (χ3n) is 2.65. The highest BCUT2D eigenvalue weighted by Gasteiger charge is 2.25. The quantitative estimate of drug-likeness (QED) is 0.828. The van der Waals surface area contributed by atoms with Crippen molar-refractivity contribution in [2.45, 2.75) is 19.8 Å². The normalized spacial score (nSPS) is 11.0. The number of hydrogen-bond acceptors (Lipinski definition) is 3. The van der Waals surface area contributed by atoms with Gasteiger partial charge in [0, 0.05) is 20.4 Å². The minimum atomic E-state index is -1.03. The monoisotopic (exact) mass is 387 g/mol. The van der Waals surface area contributed by atoms with Gasteiger partial charge >= 0.3 is 5.97 Å². The van der Waals surface area contributed by atoms with E-state index < -0.39 is 5.97 Å². The van der Waals surface area contributed by atoms with Crippen LogP contribution in [0.2, 0.25) is 0 Å². The Labute approximate surface area is 127 Å². The van der Waals surface area contributed by atoms with Crippen LogP contribution in [0.25, 0.3) is 11.3 Å². The van der Waals surface area contributed by atoms with Gasteiger partial charge in [-0.25, -0.2) is 4.79 Å². The van der Waals surface area contributed by atoms with Gasteiger partial charge in [-0.3, -0.25) is 0 Å². The van der Waals surface area contributed by atoms with Crippen LogP contribution in [0.15, 0.2) is 31.7 Å². The zero-order valence-electron chi connectivity index (χ0n) is 10.3. The van der Waals surface area contributed by atoms with Crippen molar-refractivity contribution < 1.29 is 14.4 Å². The summed E-state index contributed by atoms with van der Waals surface area (Å²) in [4.78, 5) is 11.4. The Morgan fingerprint density at radius 3 is 2.53 bits per heavy atom. The number of halogens is 2. The fraction of sp³-hybridized carbons (Fsp3) is 0.231. The highest BCUT2D eigenvalue weighted by molar-refractivity contribution is 9.13. The molecule has 6 heteroatoms. The zero-order valence-corrected chi connectivity index (χ0v) is 13.4. The maximum absolute atomic E-state index is 11.4. The van der Waals surface area contributed by atoms with Crippen LogP contribution in [-0.2, 0) is 0 Å². The predicted octanol–water partition coefficient (Wildman–Crippen LogP) is 4.69. The fourth-order valence-electron chi connectivity index (χ4n) is 1.74. The second kappa shape index (κ2) is 5.46. The maximum Gasteiger partial charge on any atom is 0.341 e. The summed E-state index contributed by atoms with van der Waals surface area (Å²) in [5.41, 5.74) is 1.18. The predicted molar refractivity (Wildman–Crippen MR) is 78.4 cm³/mol. The molecule has 0 bridgehead atoms. The van der Waals surface area contributed by atoms with E-state index in [9.17, 15) is 9.90 Å². The van der Waals surface area contributed by atoms with Gasteiger partial charge in [-0.1, -0.05) is 25.1 Å². The lowest BCUT2D eigenvalue weighted by Crippen LogP contribution is -2.02. The van der Waals surface area contributed by atoms with E-state index >= 15 is 0 Å². The Morgan fingerprint density at radius 1 is 1.32 bits per heavy atom. The molecular weight excluding hydrogens is 378 g/mol. The van der Waals surface area contributed by atoms with Crippen LogP contribution in [0.4, 0.5) is 0 Å². The SMILES string of the molecule is CC(C)c1onc(-c2ccc(Br)c(Br)c2)c1C(=O)O. The summed E-state index contributed by atoms with van der Waals surface area (Å²) in [6, 6.07) is 5.43. The van der Waals surface area contributed by atoms with Crippen LogP contribution in [0.3, 0.4) is 0 Å². The molecule has 0 fully saturated rings. The maximum atomic E-state index is 11.4. The molecule has 1 aromatic carbocycles. The second-order valence-corrected chi connectivity index (χ2v) is 6.07. The van der Waals surface area contributed by atoms with Gasteiger partial charge in [0.05, 0.1) is 0 Å². The molecule has 4 nitrogen and oxygen atoms in total. The van der Waals surface area contributed by atoms with Crippen molar-refractivity contribution >= 4 is 37.8 Å². The first-order valence-corrected chi connectivity index (χ1v) is 7.18. The van der Waals surface area contributed by atoms with E-state index in [0.29, 0.717) is 17.0 Å². The number of hydrogen-bond donors (Lipinski definition) is 1. The summed E-state index contributed by atoms with van der Waals surface area (Å²) >= 11 is 6.76. The number of aromatic carboxylic acids is 1. The number of nitrogens with zero attached hydrogens (tertiary/aromatic N) is 1. The van der Waals surface area contributed by atoms with Crippen LogP contribution >= 0.6 is 31.9 Å². The Kier molecular flexibility index (Phi) is 4.10. The molecule has 1 heterocycles. The van der Waals surface area contributed by atoms with Gasteiger partial charge in [0.2, 0.25) is 0 Å². The Hall–Kier alpha value is -1.14. The third kappa shape index (κ3) is 2.74. The second-order valence-electron chi connectivity index (χ2n) is 4.36. The molecule has 0 aliphatic heterocycles. The summed E-state index contributed by atoms with van der Waals surface area (Å²) in [6.07, 6.45) is 0. The van der Waals surface area contributed by atoms with Crippen molar-refractivity contribution in [3.05, 3.63) is 38.5 Å². The molecule has 2 aromatic rings. The van der Waals surface area contributed by atoms with Crippen molar-refractivity contribution in [1.29, 1.82) is 0 Å². The smallest absolute Gasteiger partial charge is 0.341 e. The highest BCUT2D eigenvalue weighted by Crippen LogP contribution is 2.33. The molecule has 1 N–H and O–H groups in total. The average Bonchev–Trinajstić information content (AvgIpc) is 2.77. The van der Waals surface area contributed by atoms with Crippen molar-refractivity contribution in [3.8, 4) is 11.3 Å². The molecule has 0 saturated heterocycles. The van der Waals surface area contributed by atoms with Crippen LogP contribution in [0, 0.1) is 0 Å². The van der Waals surface area contributed by atoms with E-state index in [-0.39, 0.29) is 11.5 Å². The van der Waals surface area contributed by atoms with Gasteiger partial charge in [0.15, 0.2) is 5.76 Å². The van der Waals surface area contributed by atoms with Crippen LogP contribution < -0.4 is 0 Å². The first kappa shape index (κ1) is 14.3. The number of carbonyl (C=O) groups is 1. The van der Waals surface area contributed by atoms with Gasteiger partial charge in [0.25, 0.3) is 0 Å². The van der Waals surface area contributed by atoms with E-state index in [0.717, 1.165) is 8.95 Å².